The average molecular weight is 243 g/mol. The fourth-order valence-electron chi connectivity index (χ4n) is 1.47. The molecular formula is C11H17NO3S. The number of rotatable bonds is 3. The van der Waals surface area contributed by atoms with Crippen molar-refractivity contribution < 1.29 is 13.2 Å². The van der Waals surface area contributed by atoms with Gasteiger partial charge in [-0.3, -0.25) is 0 Å². The van der Waals surface area contributed by atoms with E-state index < -0.39 is 10.0 Å². The van der Waals surface area contributed by atoms with E-state index in [2.05, 4.69) is 0 Å². The van der Waals surface area contributed by atoms with Crippen molar-refractivity contribution in [3.63, 3.8) is 0 Å². The molecule has 5 heteroatoms. The molecule has 1 aromatic carbocycles. The molecule has 0 bridgehead atoms. The number of nitrogens with zero attached hydrogens (tertiary/aromatic N) is 1. The molecular weight excluding hydrogens is 226 g/mol. The van der Waals surface area contributed by atoms with Crippen LogP contribution in [0.15, 0.2) is 17.0 Å². The van der Waals surface area contributed by atoms with Gasteiger partial charge in [-0.05, 0) is 37.1 Å². The first-order chi connectivity index (χ1) is 7.32. The van der Waals surface area contributed by atoms with Crippen molar-refractivity contribution in [1.82, 2.24) is 4.31 Å². The summed E-state index contributed by atoms with van der Waals surface area (Å²) in [6.45, 7) is 3.64. The van der Waals surface area contributed by atoms with Crippen LogP contribution in [0.25, 0.3) is 0 Å². The van der Waals surface area contributed by atoms with E-state index in [9.17, 15) is 8.42 Å². The first-order valence-corrected chi connectivity index (χ1v) is 6.33. The molecule has 0 aliphatic rings. The van der Waals surface area contributed by atoms with Crippen LogP contribution in [-0.4, -0.2) is 33.9 Å². The lowest BCUT2D eigenvalue weighted by Gasteiger charge is -2.16. The van der Waals surface area contributed by atoms with Gasteiger partial charge in [0.15, 0.2) is 0 Å². The highest BCUT2D eigenvalue weighted by Gasteiger charge is 2.21. The number of benzene rings is 1. The largest absolute Gasteiger partial charge is 0.496 e. The lowest BCUT2D eigenvalue weighted by Crippen LogP contribution is -2.23. The Morgan fingerprint density at radius 1 is 1.12 bits per heavy atom. The molecule has 0 unspecified atom stereocenters. The first kappa shape index (κ1) is 13.0. The minimum absolute atomic E-state index is 0.329. The summed E-state index contributed by atoms with van der Waals surface area (Å²) in [4.78, 5) is 0.329. The summed E-state index contributed by atoms with van der Waals surface area (Å²) in [5.74, 6) is 0.704. The van der Waals surface area contributed by atoms with E-state index in [0.717, 1.165) is 11.1 Å². The van der Waals surface area contributed by atoms with Gasteiger partial charge in [-0.2, -0.15) is 0 Å². The van der Waals surface area contributed by atoms with Crippen LogP contribution in [0, 0.1) is 13.8 Å². The van der Waals surface area contributed by atoms with Crippen LogP contribution in [0.1, 0.15) is 11.1 Å². The third-order valence-electron chi connectivity index (χ3n) is 2.67. The van der Waals surface area contributed by atoms with E-state index in [0.29, 0.717) is 10.6 Å². The Morgan fingerprint density at radius 2 is 1.69 bits per heavy atom. The normalized spacial score (nSPS) is 11.9. The van der Waals surface area contributed by atoms with Gasteiger partial charge in [0.05, 0.1) is 12.0 Å². The lowest BCUT2D eigenvalue weighted by molar-refractivity contribution is 0.410. The molecule has 0 spiro atoms. The summed E-state index contributed by atoms with van der Waals surface area (Å²) < 4.78 is 30.3. The van der Waals surface area contributed by atoms with Gasteiger partial charge in [0.2, 0.25) is 10.0 Å². The topological polar surface area (TPSA) is 46.6 Å². The van der Waals surface area contributed by atoms with Crippen molar-refractivity contribution in [1.29, 1.82) is 0 Å². The summed E-state index contributed by atoms with van der Waals surface area (Å²) in [6.07, 6.45) is 0. The smallest absolute Gasteiger partial charge is 0.242 e. The summed E-state index contributed by atoms with van der Waals surface area (Å²) in [5, 5.41) is 0. The predicted molar refractivity (Wildman–Crippen MR) is 63.3 cm³/mol. The van der Waals surface area contributed by atoms with Crippen molar-refractivity contribution in [2.24, 2.45) is 0 Å². The standard InChI is InChI=1S/C11H17NO3S/c1-8-9(2)11(7-6-10(8)15-5)16(13,14)12(3)4/h6-7H,1-5H3. The van der Waals surface area contributed by atoms with Gasteiger partial charge in [-0.25, -0.2) is 12.7 Å². The Morgan fingerprint density at radius 3 is 2.12 bits per heavy atom. The van der Waals surface area contributed by atoms with Gasteiger partial charge in [0, 0.05) is 14.1 Å². The summed E-state index contributed by atoms with van der Waals surface area (Å²) in [5.41, 5.74) is 1.58. The Bertz CT molecular complexity index is 492. The van der Waals surface area contributed by atoms with Crippen molar-refractivity contribution >= 4 is 10.0 Å². The van der Waals surface area contributed by atoms with Gasteiger partial charge >= 0.3 is 0 Å². The zero-order valence-corrected chi connectivity index (χ0v) is 11.1. The Balaban J connectivity index is 3.45. The lowest BCUT2D eigenvalue weighted by atomic mass is 10.1. The molecule has 0 saturated heterocycles. The molecule has 0 heterocycles. The molecule has 1 rings (SSSR count). The van der Waals surface area contributed by atoms with Crippen LogP contribution in [0.5, 0.6) is 5.75 Å². The van der Waals surface area contributed by atoms with Crippen LogP contribution in [0.2, 0.25) is 0 Å². The quantitative estimate of drug-likeness (QED) is 0.809. The van der Waals surface area contributed by atoms with Crippen LogP contribution in [0.3, 0.4) is 0 Å². The van der Waals surface area contributed by atoms with E-state index >= 15 is 0 Å². The molecule has 0 atom stereocenters. The molecule has 90 valence electrons. The second-order valence-corrected chi connectivity index (χ2v) is 5.92. The fraction of sp³-hybridized carbons (Fsp3) is 0.455. The molecule has 0 aliphatic carbocycles. The number of sulfonamides is 1. The van der Waals surface area contributed by atoms with Gasteiger partial charge in [-0.1, -0.05) is 0 Å². The maximum absolute atomic E-state index is 12.0. The third-order valence-corrected chi connectivity index (χ3v) is 4.63. The number of hydrogen-bond acceptors (Lipinski definition) is 3. The SMILES string of the molecule is COc1ccc(S(=O)(=O)N(C)C)c(C)c1C. The highest BCUT2D eigenvalue weighted by atomic mass is 32.2. The first-order valence-electron chi connectivity index (χ1n) is 4.89. The van der Waals surface area contributed by atoms with Crippen molar-refractivity contribution in [2.45, 2.75) is 18.7 Å². The summed E-state index contributed by atoms with van der Waals surface area (Å²) in [7, 11) is 1.24. The maximum Gasteiger partial charge on any atom is 0.242 e. The van der Waals surface area contributed by atoms with Crippen LogP contribution in [0.4, 0.5) is 0 Å². The monoisotopic (exact) mass is 243 g/mol. The van der Waals surface area contributed by atoms with E-state index in [1.807, 2.05) is 6.92 Å². The molecule has 0 radical (unpaired) electrons. The molecule has 0 amide bonds. The van der Waals surface area contributed by atoms with Gasteiger partial charge < -0.3 is 4.74 Å². The zero-order valence-electron chi connectivity index (χ0n) is 10.2. The molecule has 0 saturated carbocycles. The maximum atomic E-state index is 12.0. The molecule has 4 nitrogen and oxygen atoms in total. The second kappa shape index (κ2) is 4.43. The molecule has 0 N–H and O–H groups in total. The Labute approximate surface area is 96.9 Å². The molecule has 0 fully saturated rings. The molecule has 0 aliphatic heterocycles. The highest BCUT2D eigenvalue weighted by molar-refractivity contribution is 7.89. The molecule has 1 aromatic rings. The van der Waals surface area contributed by atoms with E-state index in [1.54, 1.807) is 26.2 Å². The Hall–Kier alpha value is -1.07. The number of ether oxygens (including phenoxy) is 1. The fourth-order valence-corrected chi connectivity index (χ4v) is 2.64. The van der Waals surface area contributed by atoms with Crippen molar-refractivity contribution in [3.8, 4) is 5.75 Å². The molecule has 16 heavy (non-hydrogen) atoms. The van der Waals surface area contributed by atoms with Crippen LogP contribution >= 0.6 is 0 Å². The summed E-state index contributed by atoms with van der Waals surface area (Å²) in [6, 6.07) is 3.26. The number of hydrogen-bond donors (Lipinski definition) is 0. The average Bonchev–Trinajstić information content (AvgIpc) is 2.21. The van der Waals surface area contributed by atoms with E-state index in [4.69, 9.17) is 4.74 Å². The second-order valence-electron chi connectivity index (χ2n) is 3.80. The minimum Gasteiger partial charge on any atom is -0.496 e. The molecule has 0 aromatic heterocycles. The van der Waals surface area contributed by atoms with Crippen molar-refractivity contribution in [2.75, 3.05) is 21.2 Å². The van der Waals surface area contributed by atoms with E-state index in [1.165, 1.54) is 18.4 Å². The minimum atomic E-state index is -3.38. The third kappa shape index (κ3) is 2.05. The number of methoxy groups -OCH3 is 1. The summed E-state index contributed by atoms with van der Waals surface area (Å²) >= 11 is 0. The zero-order chi connectivity index (χ0) is 12.5. The Kier molecular flexibility index (Phi) is 3.60. The van der Waals surface area contributed by atoms with Gasteiger partial charge in [-0.15, -0.1) is 0 Å². The predicted octanol–water partition coefficient (Wildman–Crippen LogP) is 1.56. The van der Waals surface area contributed by atoms with Gasteiger partial charge in [0.1, 0.15) is 5.75 Å². The van der Waals surface area contributed by atoms with Gasteiger partial charge in [0.25, 0.3) is 0 Å². The van der Waals surface area contributed by atoms with E-state index in [-0.39, 0.29) is 0 Å². The van der Waals surface area contributed by atoms with Crippen molar-refractivity contribution in [3.05, 3.63) is 23.3 Å². The van der Waals surface area contributed by atoms with Crippen LogP contribution < -0.4 is 4.74 Å². The highest BCUT2D eigenvalue weighted by Crippen LogP contribution is 2.27. The van der Waals surface area contributed by atoms with Crippen LogP contribution in [-0.2, 0) is 10.0 Å².